The highest BCUT2D eigenvalue weighted by atomic mass is 19.1. The van der Waals surface area contributed by atoms with Crippen LogP contribution < -0.4 is 5.32 Å². The summed E-state index contributed by atoms with van der Waals surface area (Å²) in [5.41, 5.74) is 1.87. The van der Waals surface area contributed by atoms with Crippen LogP contribution in [0.4, 0.5) is 15.8 Å². The van der Waals surface area contributed by atoms with Crippen molar-refractivity contribution in [2.24, 2.45) is 0 Å². The number of carbonyl (C=O) groups is 1. The van der Waals surface area contributed by atoms with Gasteiger partial charge in [0, 0.05) is 29.9 Å². The monoisotopic (exact) mass is 318 g/mol. The number of rotatable bonds is 5. The molecule has 6 nitrogen and oxygen atoms in total. The van der Waals surface area contributed by atoms with E-state index in [2.05, 4.69) is 10.1 Å². The predicted octanol–water partition coefficient (Wildman–Crippen LogP) is 3.44. The molecule has 120 valence electrons. The number of aryl methyl sites for hydroxylation is 1. The number of benzene rings is 2. The van der Waals surface area contributed by atoms with Crippen molar-refractivity contribution in [3.8, 4) is 0 Å². The molecule has 0 aliphatic rings. The quantitative estimate of drug-likeness (QED) is 0.519. The van der Waals surface area contributed by atoms with Gasteiger partial charge in [0.25, 0.3) is 5.69 Å². The molecule has 0 spiro atoms. The molecular formula is C16H15FN2O4. The normalized spacial score (nSPS) is 10.2. The zero-order valence-corrected chi connectivity index (χ0v) is 12.6. The largest absolute Gasteiger partial charge is 0.465 e. The predicted molar refractivity (Wildman–Crippen MR) is 82.9 cm³/mol. The minimum absolute atomic E-state index is 0.00748. The van der Waals surface area contributed by atoms with Crippen LogP contribution in [0.25, 0.3) is 0 Å². The van der Waals surface area contributed by atoms with E-state index in [0.717, 1.165) is 0 Å². The van der Waals surface area contributed by atoms with Crippen LogP contribution in [0.3, 0.4) is 0 Å². The van der Waals surface area contributed by atoms with Crippen molar-refractivity contribution in [3.63, 3.8) is 0 Å². The third-order valence-corrected chi connectivity index (χ3v) is 3.36. The minimum atomic E-state index is -0.544. The van der Waals surface area contributed by atoms with Gasteiger partial charge in [-0.05, 0) is 36.8 Å². The van der Waals surface area contributed by atoms with Crippen LogP contribution in [-0.4, -0.2) is 18.0 Å². The number of hydrogen-bond acceptors (Lipinski definition) is 5. The molecule has 0 fully saturated rings. The number of non-ortho nitro benzene ring substituents is 1. The van der Waals surface area contributed by atoms with E-state index < -0.39 is 16.7 Å². The van der Waals surface area contributed by atoms with Crippen LogP contribution >= 0.6 is 0 Å². The Morgan fingerprint density at radius 2 is 2.04 bits per heavy atom. The average Bonchev–Trinajstić information content (AvgIpc) is 2.54. The summed E-state index contributed by atoms with van der Waals surface area (Å²) in [7, 11) is 1.25. The molecule has 0 amide bonds. The van der Waals surface area contributed by atoms with E-state index in [-0.39, 0.29) is 17.8 Å². The van der Waals surface area contributed by atoms with E-state index in [1.54, 1.807) is 13.0 Å². The van der Waals surface area contributed by atoms with Crippen LogP contribution in [0, 0.1) is 22.9 Å². The van der Waals surface area contributed by atoms with Crippen molar-refractivity contribution in [3.05, 3.63) is 69.0 Å². The van der Waals surface area contributed by atoms with E-state index in [1.165, 1.54) is 37.4 Å². The number of halogens is 1. The molecule has 0 saturated carbocycles. The Morgan fingerprint density at radius 1 is 1.30 bits per heavy atom. The molecule has 0 atom stereocenters. The second-order valence-electron chi connectivity index (χ2n) is 4.91. The SMILES string of the molecule is COC(=O)c1ccc(F)c(CNc2ccc([N+](=O)[O-])cc2C)c1. The van der Waals surface area contributed by atoms with Gasteiger partial charge in [0.05, 0.1) is 17.6 Å². The highest BCUT2D eigenvalue weighted by Gasteiger charge is 2.11. The summed E-state index contributed by atoms with van der Waals surface area (Å²) in [6.45, 7) is 1.85. The molecule has 2 aromatic rings. The fraction of sp³-hybridized carbons (Fsp3) is 0.188. The van der Waals surface area contributed by atoms with E-state index in [0.29, 0.717) is 16.8 Å². The Hall–Kier alpha value is -2.96. The molecule has 0 heterocycles. The van der Waals surface area contributed by atoms with Gasteiger partial charge in [0.15, 0.2) is 0 Å². The number of esters is 1. The highest BCUT2D eigenvalue weighted by Crippen LogP contribution is 2.22. The maximum Gasteiger partial charge on any atom is 0.337 e. The fourth-order valence-corrected chi connectivity index (χ4v) is 2.11. The Kier molecular flexibility index (Phi) is 4.90. The first-order chi connectivity index (χ1) is 10.9. The van der Waals surface area contributed by atoms with Gasteiger partial charge in [-0.3, -0.25) is 10.1 Å². The van der Waals surface area contributed by atoms with Gasteiger partial charge in [0.1, 0.15) is 5.82 Å². The number of nitrogens with one attached hydrogen (secondary N) is 1. The molecular weight excluding hydrogens is 303 g/mol. The molecule has 0 radical (unpaired) electrons. The standard InChI is InChI=1S/C16H15FN2O4/c1-10-7-13(19(21)22)4-6-15(10)18-9-12-8-11(16(20)23-2)3-5-14(12)17/h3-8,18H,9H2,1-2H3. The molecule has 7 heteroatoms. The number of methoxy groups -OCH3 is 1. The summed E-state index contributed by atoms with van der Waals surface area (Å²) in [4.78, 5) is 21.7. The number of carbonyl (C=O) groups excluding carboxylic acids is 1. The zero-order chi connectivity index (χ0) is 17.0. The van der Waals surface area contributed by atoms with Gasteiger partial charge in [-0.1, -0.05) is 0 Å². The Bertz CT molecular complexity index is 762. The topological polar surface area (TPSA) is 81.5 Å². The lowest BCUT2D eigenvalue weighted by atomic mass is 10.1. The van der Waals surface area contributed by atoms with E-state index in [4.69, 9.17) is 0 Å². The summed E-state index contributed by atoms with van der Waals surface area (Å²) in [5.74, 6) is -0.998. The molecule has 1 N–H and O–H groups in total. The molecule has 2 aromatic carbocycles. The van der Waals surface area contributed by atoms with Crippen LogP contribution in [0.2, 0.25) is 0 Å². The molecule has 2 rings (SSSR count). The second kappa shape index (κ2) is 6.87. The number of nitro groups is 1. The lowest BCUT2D eigenvalue weighted by molar-refractivity contribution is -0.384. The minimum Gasteiger partial charge on any atom is -0.465 e. The van der Waals surface area contributed by atoms with Gasteiger partial charge < -0.3 is 10.1 Å². The van der Waals surface area contributed by atoms with Crippen LogP contribution in [0.15, 0.2) is 36.4 Å². The molecule has 0 aliphatic carbocycles. The van der Waals surface area contributed by atoms with Gasteiger partial charge in [-0.25, -0.2) is 9.18 Å². The smallest absolute Gasteiger partial charge is 0.337 e. The Balaban J connectivity index is 2.17. The molecule has 0 aromatic heterocycles. The Morgan fingerprint density at radius 3 is 2.65 bits per heavy atom. The maximum absolute atomic E-state index is 13.8. The summed E-state index contributed by atoms with van der Waals surface area (Å²) >= 11 is 0. The van der Waals surface area contributed by atoms with Crippen molar-refractivity contribution in [1.29, 1.82) is 0 Å². The first kappa shape index (κ1) is 16.4. The lowest BCUT2D eigenvalue weighted by Crippen LogP contribution is -2.07. The van der Waals surface area contributed by atoms with Gasteiger partial charge >= 0.3 is 5.97 Å². The average molecular weight is 318 g/mol. The summed E-state index contributed by atoms with van der Waals surface area (Å²) in [5, 5.41) is 13.7. The fourth-order valence-electron chi connectivity index (χ4n) is 2.11. The van der Waals surface area contributed by atoms with Gasteiger partial charge in [0.2, 0.25) is 0 Å². The summed E-state index contributed by atoms with van der Waals surface area (Å²) < 4.78 is 18.4. The number of nitro benzene ring substituents is 1. The molecule has 0 unspecified atom stereocenters. The summed E-state index contributed by atoms with van der Waals surface area (Å²) in [6, 6.07) is 8.33. The number of anilines is 1. The third kappa shape index (κ3) is 3.82. The van der Waals surface area contributed by atoms with Crippen LogP contribution in [0.1, 0.15) is 21.5 Å². The van der Waals surface area contributed by atoms with Crippen LogP contribution in [-0.2, 0) is 11.3 Å². The van der Waals surface area contributed by atoms with Crippen molar-refractivity contribution >= 4 is 17.3 Å². The maximum atomic E-state index is 13.8. The molecule has 0 bridgehead atoms. The molecule has 0 saturated heterocycles. The third-order valence-electron chi connectivity index (χ3n) is 3.36. The van der Waals surface area contributed by atoms with Gasteiger partial charge in [-0.2, -0.15) is 0 Å². The van der Waals surface area contributed by atoms with Crippen molar-refractivity contribution in [1.82, 2.24) is 0 Å². The summed E-state index contributed by atoms with van der Waals surface area (Å²) in [6.07, 6.45) is 0. The van der Waals surface area contributed by atoms with Crippen molar-refractivity contribution in [2.75, 3.05) is 12.4 Å². The van der Waals surface area contributed by atoms with Crippen molar-refractivity contribution in [2.45, 2.75) is 13.5 Å². The lowest BCUT2D eigenvalue weighted by Gasteiger charge is -2.11. The number of nitrogens with zero attached hydrogens (tertiary/aromatic N) is 1. The first-order valence-corrected chi connectivity index (χ1v) is 6.78. The molecule has 0 aliphatic heterocycles. The van der Waals surface area contributed by atoms with E-state index in [9.17, 15) is 19.3 Å². The number of hydrogen-bond donors (Lipinski definition) is 1. The van der Waals surface area contributed by atoms with Gasteiger partial charge in [-0.15, -0.1) is 0 Å². The van der Waals surface area contributed by atoms with E-state index >= 15 is 0 Å². The first-order valence-electron chi connectivity index (χ1n) is 6.78. The van der Waals surface area contributed by atoms with Crippen molar-refractivity contribution < 1.29 is 18.8 Å². The van der Waals surface area contributed by atoms with Crippen LogP contribution in [0.5, 0.6) is 0 Å². The highest BCUT2D eigenvalue weighted by molar-refractivity contribution is 5.89. The second-order valence-corrected chi connectivity index (χ2v) is 4.91. The number of ether oxygens (including phenoxy) is 1. The zero-order valence-electron chi connectivity index (χ0n) is 12.6. The molecule has 23 heavy (non-hydrogen) atoms. The Labute approximate surface area is 132 Å². The van der Waals surface area contributed by atoms with E-state index in [1.807, 2.05) is 0 Å².